The molecule has 1 aromatic rings. The molecule has 176 valence electrons. The number of carboxylic acid groups (broad SMARTS) is 1. The van der Waals surface area contributed by atoms with E-state index in [1.54, 1.807) is 7.11 Å². The van der Waals surface area contributed by atoms with Crippen LogP contribution < -0.4 is 4.74 Å². The van der Waals surface area contributed by atoms with Gasteiger partial charge in [-0.05, 0) is 45.7 Å². The van der Waals surface area contributed by atoms with E-state index in [4.69, 9.17) is 14.6 Å². The van der Waals surface area contributed by atoms with E-state index in [0.29, 0.717) is 30.4 Å². The highest BCUT2D eigenvalue weighted by Crippen LogP contribution is 2.41. The van der Waals surface area contributed by atoms with Gasteiger partial charge in [-0.25, -0.2) is 4.98 Å². The van der Waals surface area contributed by atoms with Crippen molar-refractivity contribution in [3.63, 3.8) is 0 Å². The Balaban J connectivity index is 0.000000913. The number of rotatable bonds is 6. The molecule has 9 nitrogen and oxygen atoms in total. The first-order chi connectivity index (χ1) is 15.3. The third kappa shape index (κ3) is 4.44. The number of hydrogen-bond donors (Lipinski definition) is 1. The number of amides is 2. The number of carbonyl (C=O) groups is 3. The lowest BCUT2D eigenvalue weighted by atomic mass is 9.85. The molecule has 2 saturated heterocycles. The largest absolute Gasteiger partial charge is 0.483 e. The van der Waals surface area contributed by atoms with Gasteiger partial charge in [-0.2, -0.15) is 0 Å². The molecular formula is C23H34N4O5. The molecule has 2 fully saturated rings. The fourth-order valence-electron chi connectivity index (χ4n) is 5.06. The first-order valence-electron chi connectivity index (χ1n) is 11.3. The summed E-state index contributed by atoms with van der Waals surface area (Å²) in [5.74, 6) is 0.961. The molecule has 0 aliphatic carbocycles. The first kappa shape index (κ1) is 24.0. The lowest BCUT2D eigenvalue weighted by molar-refractivity contribution is -0.135. The third-order valence-electron chi connectivity index (χ3n) is 6.69. The molecule has 4 rings (SSSR count). The Morgan fingerprint density at radius 1 is 1.28 bits per heavy atom. The monoisotopic (exact) mass is 446 g/mol. The van der Waals surface area contributed by atoms with Crippen molar-refractivity contribution in [2.75, 3.05) is 33.3 Å². The molecule has 1 atom stereocenters. The fourth-order valence-corrected chi connectivity index (χ4v) is 5.06. The number of aromatic nitrogens is 1. The summed E-state index contributed by atoms with van der Waals surface area (Å²) in [5, 5.41) is 6.89. The zero-order valence-corrected chi connectivity index (χ0v) is 19.5. The summed E-state index contributed by atoms with van der Waals surface area (Å²) in [6, 6.07) is 2.10. The lowest BCUT2D eigenvalue weighted by Gasteiger charge is -2.24. The van der Waals surface area contributed by atoms with Gasteiger partial charge in [-0.1, -0.05) is 6.92 Å². The number of ether oxygens (including phenoxy) is 1. The summed E-state index contributed by atoms with van der Waals surface area (Å²) in [5.41, 5.74) is 2.19. The molecule has 3 aliphatic heterocycles. The second-order valence-corrected chi connectivity index (χ2v) is 9.07. The van der Waals surface area contributed by atoms with Gasteiger partial charge in [0.1, 0.15) is 0 Å². The van der Waals surface area contributed by atoms with E-state index in [9.17, 15) is 9.59 Å². The van der Waals surface area contributed by atoms with E-state index in [0.717, 1.165) is 56.7 Å². The minimum atomic E-state index is -0.250. The Kier molecular flexibility index (Phi) is 7.38. The van der Waals surface area contributed by atoms with Crippen LogP contribution in [0.3, 0.4) is 0 Å². The van der Waals surface area contributed by atoms with E-state index in [1.807, 2.05) is 29.7 Å². The molecule has 0 aromatic carbocycles. The van der Waals surface area contributed by atoms with Crippen molar-refractivity contribution in [1.82, 2.24) is 19.7 Å². The zero-order valence-electron chi connectivity index (χ0n) is 19.5. The number of hydrogen-bond acceptors (Lipinski definition) is 6. The maximum atomic E-state index is 12.9. The van der Waals surface area contributed by atoms with Crippen molar-refractivity contribution in [1.29, 1.82) is 0 Å². The number of methoxy groups -OCH3 is 1. The summed E-state index contributed by atoms with van der Waals surface area (Å²) < 4.78 is 5.56. The van der Waals surface area contributed by atoms with Crippen LogP contribution in [0.1, 0.15) is 61.6 Å². The topological polar surface area (TPSA) is 103 Å². The van der Waals surface area contributed by atoms with E-state index in [2.05, 4.69) is 16.8 Å². The van der Waals surface area contributed by atoms with E-state index in [1.165, 1.54) is 0 Å². The van der Waals surface area contributed by atoms with Crippen LogP contribution in [-0.4, -0.2) is 82.4 Å². The van der Waals surface area contributed by atoms with Crippen molar-refractivity contribution in [3.8, 4) is 5.88 Å². The van der Waals surface area contributed by atoms with Crippen LogP contribution in [0.5, 0.6) is 5.88 Å². The zero-order chi connectivity index (χ0) is 23.5. The number of pyridine rings is 1. The summed E-state index contributed by atoms with van der Waals surface area (Å²) in [6.07, 6.45) is 2.86. The Hall–Kier alpha value is -2.68. The van der Waals surface area contributed by atoms with Gasteiger partial charge < -0.3 is 19.6 Å². The number of likely N-dealkylation sites (tertiary alicyclic amines) is 2. The van der Waals surface area contributed by atoms with Crippen LogP contribution >= 0.6 is 0 Å². The highest BCUT2D eigenvalue weighted by atomic mass is 16.5. The molecule has 0 bridgehead atoms. The van der Waals surface area contributed by atoms with Crippen LogP contribution in [0.25, 0.3) is 0 Å². The Morgan fingerprint density at radius 3 is 2.59 bits per heavy atom. The number of fused-ring (bicyclic) bond motifs is 1. The lowest BCUT2D eigenvalue weighted by Crippen LogP contribution is -2.37. The summed E-state index contributed by atoms with van der Waals surface area (Å²) in [4.78, 5) is 44.9. The van der Waals surface area contributed by atoms with Gasteiger partial charge in [-0.3, -0.25) is 19.3 Å². The van der Waals surface area contributed by atoms with Gasteiger partial charge in [0, 0.05) is 37.8 Å². The van der Waals surface area contributed by atoms with Crippen molar-refractivity contribution >= 4 is 18.3 Å². The molecule has 1 aromatic heterocycles. The highest BCUT2D eigenvalue weighted by molar-refractivity contribution is 5.98. The molecule has 0 radical (unpaired) electrons. The molecule has 3 aliphatic rings. The molecule has 0 saturated carbocycles. The van der Waals surface area contributed by atoms with Crippen molar-refractivity contribution in [2.24, 2.45) is 5.41 Å². The fraction of sp³-hybridized carbons (Fsp3) is 0.652. The van der Waals surface area contributed by atoms with Gasteiger partial charge in [-0.15, -0.1) is 0 Å². The van der Waals surface area contributed by atoms with Gasteiger partial charge in [0.25, 0.3) is 12.4 Å². The van der Waals surface area contributed by atoms with Crippen molar-refractivity contribution in [3.05, 3.63) is 22.9 Å². The normalized spacial score (nSPS) is 22.5. The average Bonchev–Trinajstić information content (AvgIpc) is 3.41. The van der Waals surface area contributed by atoms with Gasteiger partial charge in [0.05, 0.1) is 30.3 Å². The van der Waals surface area contributed by atoms with E-state index >= 15 is 0 Å². The van der Waals surface area contributed by atoms with Crippen molar-refractivity contribution in [2.45, 2.75) is 59.2 Å². The van der Waals surface area contributed by atoms with Crippen LogP contribution in [-0.2, 0) is 22.7 Å². The smallest absolute Gasteiger partial charge is 0.290 e. The van der Waals surface area contributed by atoms with Gasteiger partial charge in [0.2, 0.25) is 11.8 Å². The standard InChI is InChI=1S/C22H32N4O3.CH2O2/c1-5-8-25-10-7-22(21(25)28)6-9-24(14-22)12-16-11-17-18(23-19(16)29-4)13-26(15(2)3)20(17)27;2-1-3/h11,15H,5-10,12-14H2,1-4H3;1H,(H,2,3). The SMILES string of the molecule is CCCN1CCC2(CCN(Cc3cc4c(nc3OC)CN(C(C)C)C4=O)C2)C1=O.O=CO. The predicted octanol–water partition coefficient (Wildman–Crippen LogP) is 1.99. The molecular weight excluding hydrogens is 412 g/mol. The van der Waals surface area contributed by atoms with Crippen LogP contribution in [0.4, 0.5) is 0 Å². The van der Waals surface area contributed by atoms with Gasteiger partial charge in [0.15, 0.2) is 0 Å². The molecule has 4 heterocycles. The summed E-state index contributed by atoms with van der Waals surface area (Å²) in [7, 11) is 1.63. The van der Waals surface area contributed by atoms with E-state index < -0.39 is 0 Å². The maximum absolute atomic E-state index is 12.9. The van der Waals surface area contributed by atoms with Crippen LogP contribution in [0, 0.1) is 5.41 Å². The minimum Gasteiger partial charge on any atom is -0.483 e. The molecule has 2 amide bonds. The maximum Gasteiger partial charge on any atom is 0.290 e. The molecule has 1 unspecified atom stereocenters. The summed E-state index contributed by atoms with van der Waals surface area (Å²) in [6.45, 7) is 10.5. The number of nitrogens with zero attached hydrogens (tertiary/aromatic N) is 4. The second-order valence-electron chi connectivity index (χ2n) is 9.07. The van der Waals surface area contributed by atoms with Crippen LogP contribution in [0.15, 0.2) is 6.07 Å². The molecule has 9 heteroatoms. The molecule has 1 spiro atoms. The second kappa shape index (κ2) is 9.85. The Labute approximate surface area is 189 Å². The van der Waals surface area contributed by atoms with Crippen molar-refractivity contribution < 1.29 is 24.2 Å². The highest BCUT2D eigenvalue weighted by Gasteiger charge is 2.50. The minimum absolute atomic E-state index is 0.0467. The molecule has 1 N–H and O–H groups in total. The first-order valence-corrected chi connectivity index (χ1v) is 11.3. The van der Waals surface area contributed by atoms with Crippen LogP contribution in [0.2, 0.25) is 0 Å². The average molecular weight is 447 g/mol. The molecule has 32 heavy (non-hydrogen) atoms. The van der Waals surface area contributed by atoms with E-state index in [-0.39, 0.29) is 23.8 Å². The predicted molar refractivity (Wildman–Crippen MR) is 118 cm³/mol. The Bertz CT molecular complexity index is 874. The third-order valence-corrected chi connectivity index (χ3v) is 6.69. The number of carbonyl (C=O) groups excluding carboxylic acids is 2. The quantitative estimate of drug-likeness (QED) is 0.667. The van der Waals surface area contributed by atoms with Gasteiger partial charge >= 0.3 is 0 Å². The summed E-state index contributed by atoms with van der Waals surface area (Å²) >= 11 is 0. The Morgan fingerprint density at radius 2 is 1.97 bits per heavy atom.